The molecule has 1 aliphatic carbocycles. The first-order valence-electron chi connectivity index (χ1n) is 14.6. The molecule has 2 amide bonds. The monoisotopic (exact) mass is 637 g/mol. The summed E-state index contributed by atoms with van der Waals surface area (Å²) < 4.78 is 27.7. The number of amides is 2. The van der Waals surface area contributed by atoms with E-state index in [0.29, 0.717) is 48.7 Å². The summed E-state index contributed by atoms with van der Waals surface area (Å²) in [5.41, 5.74) is 0.736. The van der Waals surface area contributed by atoms with Crippen molar-refractivity contribution in [1.82, 2.24) is 14.5 Å². The van der Waals surface area contributed by atoms with E-state index < -0.39 is 27.5 Å². The van der Waals surface area contributed by atoms with Crippen LogP contribution < -0.4 is 5.32 Å². The minimum atomic E-state index is -3.47. The van der Waals surface area contributed by atoms with Crippen molar-refractivity contribution in [3.05, 3.63) is 69.7 Å². The number of hydrogen-bond donors (Lipinski definition) is 2. The molecule has 1 saturated carbocycles. The van der Waals surface area contributed by atoms with E-state index in [1.807, 2.05) is 49.1 Å². The maximum absolute atomic E-state index is 14.7. The van der Waals surface area contributed by atoms with Crippen molar-refractivity contribution in [2.75, 3.05) is 26.7 Å². The number of aliphatic hydroxyl groups is 1. The lowest BCUT2D eigenvalue weighted by Crippen LogP contribution is -2.58. The first kappa shape index (κ1) is 32.7. The minimum Gasteiger partial charge on any atom is -0.396 e. The molecule has 0 bridgehead atoms. The normalized spacial score (nSPS) is 23.7. The Morgan fingerprint density at radius 1 is 1.14 bits per heavy atom. The zero-order valence-corrected chi connectivity index (χ0v) is 26.8. The molecule has 0 unspecified atom stereocenters. The molecule has 2 aliphatic rings. The van der Waals surface area contributed by atoms with Crippen LogP contribution in [0.25, 0.3) is 0 Å². The largest absolute Gasteiger partial charge is 0.396 e. The van der Waals surface area contributed by atoms with Crippen LogP contribution >= 0.6 is 23.2 Å². The van der Waals surface area contributed by atoms with Gasteiger partial charge in [0.05, 0.1) is 16.7 Å². The second-order valence-corrected chi connectivity index (χ2v) is 15.0. The summed E-state index contributed by atoms with van der Waals surface area (Å²) in [6.45, 7) is 4.19. The molecule has 0 spiro atoms. The lowest BCUT2D eigenvalue weighted by Gasteiger charge is -2.52. The van der Waals surface area contributed by atoms with E-state index in [0.717, 1.165) is 11.1 Å². The third kappa shape index (κ3) is 7.30. The molecular weight excluding hydrogens is 597 g/mol. The molecule has 4 rings (SSSR count). The van der Waals surface area contributed by atoms with Crippen molar-refractivity contribution >= 4 is 45.0 Å². The first-order valence-corrected chi connectivity index (χ1v) is 16.8. The zero-order chi connectivity index (χ0) is 30.7. The van der Waals surface area contributed by atoms with Gasteiger partial charge in [-0.2, -0.15) is 0 Å². The Morgan fingerprint density at radius 3 is 2.43 bits per heavy atom. The number of carbonyl (C=O) groups is 2. The lowest BCUT2D eigenvalue weighted by molar-refractivity contribution is -0.157. The third-order valence-corrected chi connectivity index (χ3v) is 11.3. The Bertz CT molecular complexity index is 1370. The quantitative estimate of drug-likeness (QED) is 0.296. The summed E-state index contributed by atoms with van der Waals surface area (Å²) in [5, 5.41) is 12.7. The molecular formula is C31H41Cl2N3O5S. The molecule has 1 aliphatic heterocycles. The number of nitrogens with zero attached hydrogens (tertiary/aromatic N) is 2. The molecule has 230 valence electrons. The van der Waals surface area contributed by atoms with Gasteiger partial charge in [0.25, 0.3) is 0 Å². The van der Waals surface area contributed by atoms with Gasteiger partial charge in [-0.15, -0.1) is 0 Å². The average molecular weight is 639 g/mol. The van der Waals surface area contributed by atoms with E-state index in [2.05, 4.69) is 5.32 Å². The van der Waals surface area contributed by atoms with Crippen molar-refractivity contribution in [1.29, 1.82) is 0 Å². The van der Waals surface area contributed by atoms with Crippen LogP contribution in [0.15, 0.2) is 48.5 Å². The van der Waals surface area contributed by atoms with Gasteiger partial charge in [-0.25, -0.2) is 12.7 Å². The van der Waals surface area contributed by atoms with Crippen LogP contribution in [0.1, 0.15) is 75.5 Å². The van der Waals surface area contributed by atoms with E-state index >= 15 is 0 Å². The Morgan fingerprint density at radius 2 is 1.83 bits per heavy atom. The van der Waals surface area contributed by atoms with Crippen molar-refractivity contribution in [2.24, 2.45) is 5.41 Å². The fourth-order valence-corrected chi connectivity index (χ4v) is 8.05. The first-order chi connectivity index (χ1) is 19.9. The lowest BCUT2D eigenvalue weighted by atomic mass is 9.67. The molecule has 1 heterocycles. The van der Waals surface area contributed by atoms with Gasteiger partial charge in [-0.05, 0) is 67.5 Å². The second kappa shape index (κ2) is 13.6. The number of rotatable bonds is 13. The maximum Gasteiger partial charge on any atom is 0.229 e. The smallest absolute Gasteiger partial charge is 0.229 e. The number of carbonyl (C=O) groups excluding carboxylic acids is 2. The minimum absolute atomic E-state index is 0.0369. The molecule has 11 heteroatoms. The molecule has 8 nitrogen and oxygen atoms in total. The van der Waals surface area contributed by atoms with Gasteiger partial charge in [-0.3, -0.25) is 9.59 Å². The predicted molar refractivity (Wildman–Crippen MR) is 166 cm³/mol. The molecule has 2 aromatic carbocycles. The molecule has 0 radical (unpaired) electrons. The van der Waals surface area contributed by atoms with Crippen LogP contribution in [-0.4, -0.2) is 72.6 Å². The summed E-state index contributed by atoms with van der Waals surface area (Å²) in [6.07, 6.45) is 2.59. The van der Waals surface area contributed by atoms with E-state index in [-0.39, 0.29) is 42.6 Å². The Balaban J connectivity index is 1.81. The fraction of sp³-hybridized carbons (Fsp3) is 0.548. The average Bonchev–Trinajstić information content (AvgIpc) is 3.80. The van der Waals surface area contributed by atoms with E-state index in [1.54, 1.807) is 25.2 Å². The number of likely N-dealkylation sites (tertiary alicyclic amines) is 1. The molecule has 4 atom stereocenters. The van der Waals surface area contributed by atoms with E-state index in [4.69, 9.17) is 28.3 Å². The van der Waals surface area contributed by atoms with Crippen LogP contribution in [0.4, 0.5) is 0 Å². The molecule has 2 N–H and O–H groups in total. The van der Waals surface area contributed by atoms with Crippen LogP contribution in [0.5, 0.6) is 0 Å². The zero-order valence-electron chi connectivity index (χ0n) is 24.4. The maximum atomic E-state index is 14.7. The summed E-state index contributed by atoms with van der Waals surface area (Å²) >= 11 is 12.7. The van der Waals surface area contributed by atoms with Gasteiger partial charge in [-0.1, -0.05) is 61.3 Å². The highest BCUT2D eigenvalue weighted by atomic mass is 35.5. The number of sulfonamides is 1. The van der Waals surface area contributed by atoms with Gasteiger partial charge < -0.3 is 15.3 Å². The van der Waals surface area contributed by atoms with Crippen LogP contribution in [0, 0.1) is 5.41 Å². The molecule has 2 aromatic rings. The van der Waals surface area contributed by atoms with Gasteiger partial charge in [0.1, 0.15) is 0 Å². The van der Waals surface area contributed by atoms with Crippen molar-refractivity contribution in [3.63, 3.8) is 0 Å². The van der Waals surface area contributed by atoms with E-state index in [9.17, 15) is 18.0 Å². The fourth-order valence-electron chi connectivity index (χ4n) is 6.11. The van der Waals surface area contributed by atoms with Crippen molar-refractivity contribution in [2.45, 2.75) is 75.6 Å². The number of likely N-dealkylation sites (N-methyl/N-ethyl adjacent to an activating group) is 1. The Kier molecular flexibility index (Phi) is 10.6. The van der Waals surface area contributed by atoms with Gasteiger partial charge in [0.2, 0.25) is 21.8 Å². The van der Waals surface area contributed by atoms with Gasteiger partial charge >= 0.3 is 0 Å². The molecule has 0 aromatic heterocycles. The van der Waals surface area contributed by atoms with Gasteiger partial charge in [0, 0.05) is 55.2 Å². The number of hydrogen-bond acceptors (Lipinski definition) is 5. The highest BCUT2D eigenvalue weighted by Crippen LogP contribution is 2.52. The molecule has 1 saturated heterocycles. The summed E-state index contributed by atoms with van der Waals surface area (Å²) in [6, 6.07) is 14.1. The molecule has 2 fully saturated rings. The predicted octanol–water partition coefficient (Wildman–Crippen LogP) is 5.15. The second-order valence-electron chi connectivity index (χ2n) is 11.8. The van der Waals surface area contributed by atoms with Crippen molar-refractivity contribution in [3.8, 4) is 0 Å². The topological polar surface area (TPSA) is 107 Å². The van der Waals surface area contributed by atoms with Crippen LogP contribution in [-0.2, 0) is 19.6 Å². The van der Waals surface area contributed by atoms with Crippen molar-refractivity contribution < 1.29 is 23.1 Å². The third-order valence-electron chi connectivity index (χ3n) is 8.51. The summed E-state index contributed by atoms with van der Waals surface area (Å²) in [5.74, 6) is -0.699. The number of halogens is 2. The number of aliphatic hydroxyl groups excluding tert-OH is 1. The standard InChI is InChI=1S/C31H41Cl2N3O5S/c1-4-25(20-35(3)42(40,41)26-13-14-26)36-29(21-9-11-23(32)12-10-21)27(22-7-5-8-24(33)17-22)18-31(2,30(36)39)19-28(38)34-15-6-16-37/h5,7-12,17,25-27,29,37H,4,6,13-16,18-20H2,1-3H3,(H,34,38)/t25-,27+,29+,31+/m0/s1. The number of benzene rings is 2. The van der Waals surface area contributed by atoms with E-state index in [1.165, 1.54) is 4.31 Å². The SMILES string of the molecule is CC[C@@H](CN(C)S(=O)(=O)C1CC1)N1C(=O)[C@@](C)(CC(=O)NCCCO)C[C@H](c2cccc(Cl)c2)[C@H]1c1ccc(Cl)cc1. The highest BCUT2D eigenvalue weighted by molar-refractivity contribution is 7.90. The Labute approximate surface area is 259 Å². The molecule has 42 heavy (non-hydrogen) atoms. The number of nitrogens with one attached hydrogen (secondary N) is 1. The van der Waals surface area contributed by atoms with Gasteiger partial charge in [0.15, 0.2) is 0 Å². The van der Waals surface area contributed by atoms with Crippen LogP contribution in [0.3, 0.4) is 0 Å². The highest BCUT2D eigenvalue weighted by Gasteiger charge is 2.52. The summed E-state index contributed by atoms with van der Waals surface area (Å²) in [7, 11) is -1.88. The Hall–Kier alpha value is -2.17. The number of piperidine rings is 1. The summed E-state index contributed by atoms with van der Waals surface area (Å²) in [4.78, 5) is 29.6. The van der Waals surface area contributed by atoms with Crippen LogP contribution in [0.2, 0.25) is 10.0 Å².